The highest BCUT2D eigenvalue weighted by molar-refractivity contribution is 7.89. The Balaban J connectivity index is 1.43. The van der Waals surface area contributed by atoms with Crippen LogP contribution < -0.4 is 4.74 Å². The maximum absolute atomic E-state index is 13.6. The van der Waals surface area contributed by atoms with Crippen molar-refractivity contribution < 1.29 is 22.7 Å². The molecule has 2 aliphatic rings. The van der Waals surface area contributed by atoms with Crippen LogP contribution in [0.4, 0.5) is 0 Å². The molecule has 2 aromatic rings. The second-order valence-corrected chi connectivity index (χ2v) is 11.1. The summed E-state index contributed by atoms with van der Waals surface area (Å²) in [5.74, 6) is 0.638. The van der Waals surface area contributed by atoms with Gasteiger partial charge >= 0.3 is 0 Å². The van der Waals surface area contributed by atoms with Gasteiger partial charge in [-0.3, -0.25) is 4.79 Å². The predicted octanol–water partition coefficient (Wildman–Crippen LogP) is 3.61. The molecular formula is C26H34N2O5S. The van der Waals surface area contributed by atoms with Gasteiger partial charge < -0.3 is 14.4 Å². The molecule has 0 aromatic heterocycles. The number of aryl methyl sites for hydroxylation is 1. The molecule has 34 heavy (non-hydrogen) atoms. The Labute approximate surface area is 202 Å². The number of methoxy groups -OCH3 is 1. The van der Waals surface area contributed by atoms with Gasteiger partial charge in [0, 0.05) is 38.7 Å². The molecule has 1 amide bonds. The molecule has 2 heterocycles. The molecule has 2 aliphatic heterocycles. The summed E-state index contributed by atoms with van der Waals surface area (Å²) < 4.78 is 38.8. The van der Waals surface area contributed by atoms with Gasteiger partial charge in [-0.2, -0.15) is 4.31 Å². The minimum absolute atomic E-state index is 0.0524. The van der Waals surface area contributed by atoms with Crippen molar-refractivity contribution in [3.63, 3.8) is 0 Å². The fourth-order valence-electron chi connectivity index (χ4n) is 4.72. The predicted molar refractivity (Wildman–Crippen MR) is 130 cm³/mol. The molecule has 0 saturated carbocycles. The zero-order valence-electron chi connectivity index (χ0n) is 20.0. The number of amides is 1. The van der Waals surface area contributed by atoms with E-state index in [2.05, 4.69) is 0 Å². The van der Waals surface area contributed by atoms with Crippen molar-refractivity contribution in [3.05, 3.63) is 59.7 Å². The van der Waals surface area contributed by atoms with E-state index in [9.17, 15) is 13.2 Å². The monoisotopic (exact) mass is 486 g/mol. The number of ether oxygens (including phenoxy) is 2. The fraction of sp³-hybridized carbons (Fsp3) is 0.500. The summed E-state index contributed by atoms with van der Waals surface area (Å²) in [6.07, 6.45) is 3.06. The van der Waals surface area contributed by atoms with E-state index in [1.54, 1.807) is 19.2 Å². The van der Waals surface area contributed by atoms with Gasteiger partial charge in [-0.1, -0.05) is 29.8 Å². The van der Waals surface area contributed by atoms with Gasteiger partial charge in [0.15, 0.2) is 0 Å². The number of benzene rings is 2. The number of sulfonamides is 1. The molecule has 184 valence electrons. The van der Waals surface area contributed by atoms with Crippen LogP contribution in [0.2, 0.25) is 0 Å². The SMILES string of the molecule is COc1cccc(CN(CC2CCCO2)C(=O)C2CCN(S(=O)(=O)c3ccc(C)cc3)CC2)c1. The Kier molecular flexibility index (Phi) is 7.91. The Hall–Kier alpha value is -2.42. The number of hydrogen-bond donors (Lipinski definition) is 0. The number of hydrogen-bond acceptors (Lipinski definition) is 5. The quantitative estimate of drug-likeness (QED) is 0.570. The highest BCUT2D eigenvalue weighted by Crippen LogP contribution is 2.27. The smallest absolute Gasteiger partial charge is 0.243 e. The van der Waals surface area contributed by atoms with E-state index in [0.29, 0.717) is 43.9 Å². The van der Waals surface area contributed by atoms with Crippen molar-refractivity contribution in [2.45, 2.75) is 50.2 Å². The molecule has 1 unspecified atom stereocenters. The second-order valence-electron chi connectivity index (χ2n) is 9.20. The van der Waals surface area contributed by atoms with Gasteiger partial charge in [0.1, 0.15) is 5.75 Å². The lowest BCUT2D eigenvalue weighted by molar-refractivity contribution is -0.139. The van der Waals surface area contributed by atoms with E-state index in [1.807, 2.05) is 48.2 Å². The minimum atomic E-state index is -3.55. The number of piperidine rings is 1. The molecule has 0 N–H and O–H groups in total. The van der Waals surface area contributed by atoms with Gasteiger partial charge in [0.2, 0.25) is 15.9 Å². The van der Waals surface area contributed by atoms with Crippen LogP contribution in [0.3, 0.4) is 0 Å². The van der Waals surface area contributed by atoms with E-state index in [0.717, 1.165) is 36.3 Å². The van der Waals surface area contributed by atoms with Crippen LogP contribution in [-0.4, -0.2) is 63.0 Å². The van der Waals surface area contributed by atoms with Crippen LogP contribution in [0.15, 0.2) is 53.4 Å². The number of carbonyl (C=O) groups excluding carboxylic acids is 1. The molecule has 4 rings (SSSR count). The van der Waals surface area contributed by atoms with Gasteiger partial charge in [-0.15, -0.1) is 0 Å². The van der Waals surface area contributed by atoms with Crippen LogP contribution in [0.1, 0.15) is 36.8 Å². The van der Waals surface area contributed by atoms with E-state index < -0.39 is 10.0 Å². The van der Waals surface area contributed by atoms with E-state index in [1.165, 1.54) is 4.31 Å². The summed E-state index contributed by atoms with van der Waals surface area (Å²) >= 11 is 0. The molecule has 2 saturated heterocycles. The van der Waals surface area contributed by atoms with Crippen LogP contribution in [-0.2, 0) is 26.1 Å². The van der Waals surface area contributed by atoms with Crippen LogP contribution >= 0.6 is 0 Å². The first-order chi connectivity index (χ1) is 16.4. The molecule has 0 radical (unpaired) electrons. The van der Waals surface area contributed by atoms with Gasteiger partial charge in [0.05, 0.1) is 18.1 Å². The number of nitrogens with zero attached hydrogens (tertiary/aromatic N) is 2. The summed E-state index contributed by atoms with van der Waals surface area (Å²) in [6, 6.07) is 14.7. The Bertz CT molecular complexity index is 1070. The van der Waals surface area contributed by atoms with Crippen molar-refractivity contribution in [1.29, 1.82) is 0 Å². The van der Waals surface area contributed by atoms with Crippen molar-refractivity contribution >= 4 is 15.9 Å². The fourth-order valence-corrected chi connectivity index (χ4v) is 6.19. The normalized spacial score (nSPS) is 19.8. The summed E-state index contributed by atoms with van der Waals surface area (Å²) in [4.78, 5) is 15.8. The summed E-state index contributed by atoms with van der Waals surface area (Å²) in [6.45, 7) is 4.40. The van der Waals surface area contributed by atoms with Crippen molar-refractivity contribution in [2.24, 2.45) is 5.92 Å². The molecule has 0 spiro atoms. The molecule has 0 bridgehead atoms. The first kappa shape index (κ1) is 24.7. The Morgan fingerprint density at radius 2 is 1.85 bits per heavy atom. The van der Waals surface area contributed by atoms with Gasteiger partial charge in [0.25, 0.3) is 0 Å². The van der Waals surface area contributed by atoms with Gasteiger partial charge in [-0.05, 0) is 62.4 Å². The largest absolute Gasteiger partial charge is 0.497 e. The molecular weight excluding hydrogens is 452 g/mol. The third-order valence-corrected chi connectivity index (χ3v) is 8.64. The van der Waals surface area contributed by atoms with E-state index in [4.69, 9.17) is 9.47 Å². The molecule has 8 heteroatoms. The zero-order chi connectivity index (χ0) is 24.1. The number of carbonyl (C=O) groups is 1. The lowest BCUT2D eigenvalue weighted by Crippen LogP contribution is -2.45. The maximum Gasteiger partial charge on any atom is 0.243 e. The highest BCUT2D eigenvalue weighted by Gasteiger charge is 2.34. The zero-order valence-corrected chi connectivity index (χ0v) is 20.8. The topological polar surface area (TPSA) is 76.2 Å². The molecule has 1 atom stereocenters. The van der Waals surface area contributed by atoms with E-state index >= 15 is 0 Å². The lowest BCUT2D eigenvalue weighted by atomic mass is 9.96. The lowest BCUT2D eigenvalue weighted by Gasteiger charge is -2.34. The van der Waals surface area contributed by atoms with Crippen LogP contribution in [0, 0.1) is 12.8 Å². The Morgan fingerprint density at radius 1 is 1.12 bits per heavy atom. The third-order valence-electron chi connectivity index (χ3n) is 6.73. The summed E-state index contributed by atoms with van der Waals surface area (Å²) in [7, 11) is -1.92. The summed E-state index contributed by atoms with van der Waals surface area (Å²) in [5.41, 5.74) is 2.02. The van der Waals surface area contributed by atoms with Crippen molar-refractivity contribution in [2.75, 3.05) is 33.4 Å². The van der Waals surface area contributed by atoms with Crippen molar-refractivity contribution in [1.82, 2.24) is 9.21 Å². The first-order valence-corrected chi connectivity index (χ1v) is 13.4. The first-order valence-electron chi connectivity index (χ1n) is 12.0. The maximum atomic E-state index is 13.6. The van der Waals surface area contributed by atoms with E-state index in [-0.39, 0.29) is 17.9 Å². The second kappa shape index (κ2) is 10.9. The highest BCUT2D eigenvalue weighted by atomic mass is 32.2. The standard InChI is InChI=1S/C26H34N2O5S/c1-20-8-10-25(11-9-20)34(30,31)28-14-12-22(13-15-28)26(29)27(19-24-7-4-16-33-24)18-21-5-3-6-23(17-21)32-2/h3,5-6,8-11,17,22,24H,4,7,12-16,18-19H2,1-2H3. The molecule has 7 nitrogen and oxygen atoms in total. The molecule has 2 aromatic carbocycles. The Morgan fingerprint density at radius 3 is 2.50 bits per heavy atom. The summed E-state index contributed by atoms with van der Waals surface area (Å²) in [5, 5.41) is 0. The average molecular weight is 487 g/mol. The number of rotatable bonds is 8. The van der Waals surface area contributed by atoms with Crippen molar-refractivity contribution in [3.8, 4) is 5.75 Å². The third kappa shape index (κ3) is 5.79. The van der Waals surface area contributed by atoms with Crippen LogP contribution in [0.5, 0.6) is 5.75 Å². The average Bonchev–Trinajstić information content (AvgIpc) is 3.37. The minimum Gasteiger partial charge on any atom is -0.497 e. The molecule has 2 fully saturated rings. The van der Waals surface area contributed by atoms with Gasteiger partial charge in [-0.25, -0.2) is 8.42 Å². The van der Waals surface area contributed by atoms with Crippen LogP contribution in [0.25, 0.3) is 0 Å². The molecule has 0 aliphatic carbocycles.